The van der Waals surface area contributed by atoms with Gasteiger partial charge in [0, 0.05) is 37.6 Å². The van der Waals surface area contributed by atoms with E-state index in [2.05, 4.69) is 39.5 Å². The Labute approximate surface area is 141 Å². The molecule has 3 rings (SSSR count). The second-order valence-corrected chi connectivity index (χ2v) is 6.15. The number of amides is 2. The second kappa shape index (κ2) is 7.59. The molecule has 3 heterocycles. The van der Waals surface area contributed by atoms with E-state index < -0.39 is 0 Å². The number of nitrogens with one attached hydrogen (secondary N) is 2. The fourth-order valence-electron chi connectivity index (χ4n) is 2.71. The summed E-state index contributed by atoms with van der Waals surface area (Å²) in [6, 6.07) is 1.91. The van der Waals surface area contributed by atoms with Crippen LogP contribution in [0.25, 0.3) is 11.0 Å². The molecule has 2 aromatic heterocycles. The van der Waals surface area contributed by atoms with E-state index in [-0.39, 0.29) is 12.1 Å². The number of carbonyl (C=O) groups excluding carboxylic acids is 1. The van der Waals surface area contributed by atoms with Crippen LogP contribution in [0.15, 0.2) is 18.5 Å². The van der Waals surface area contributed by atoms with E-state index in [1.165, 1.54) is 0 Å². The Hall–Kier alpha value is -2.19. The number of aromatic nitrogens is 3. The number of carbonyl (C=O) groups is 1. The number of nitrogens with zero attached hydrogens (tertiary/aromatic N) is 4. The Morgan fingerprint density at radius 2 is 2.12 bits per heavy atom. The second-order valence-electron chi connectivity index (χ2n) is 6.15. The van der Waals surface area contributed by atoms with E-state index in [0.29, 0.717) is 12.2 Å². The van der Waals surface area contributed by atoms with Crippen molar-refractivity contribution in [3.63, 3.8) is 0 Å². The molecule has 0 unspecified atom stereocenters. The summed E-state index contributed by atoms with van der Waals surface area (Å²) in [5.41, 5.74) is 1.48. The van der Waals surface area contributed by atoms with Gasteiger partial charge in [0.05, 0.1) is 31.3 Å². The average molecular weight is 332 g/mol. The lowest BCUT2D eigenvalue weighted by Gasteiger charge is -2.26. The summed E-state index contributed by atoms with van der Waals surface area (Å²) < 4.78 is 7.17. The first-order valence-electron chi connectivity index (χ1n) is 8.31. The molecule has 0 spiro atoms. The van der Waals surface area contributed by atoms with Crippen molar-refractivity contribution in [1.29, 1.82) is 0 Å². The first-order valence-corrected chi connectivity index (χ1v) is 8.31. The molecule has 8 heteroatoms. The van der Waals surface area contributed by atoms with Crippen LogP contribution in [-0.4, -0.2) is 65.1 Å². The van der Waals surface area contributed by atoms with Crippen LogP contribution in [0, 0.1) is 0 Å². The molecule has 1 aliphatic heterocycles. The fourth-order valence-corrected chi connectivity index (χ4v) is 2.71. The van der Waals surface area contributed by atoms with Crippen LogP contribution in [0.3, 0.4) is 0 Å². The van der Waals surface area contributed by atoms with Gasteiger partial charge in [-0.05, 0) is 19.9 Å². The lowest BCUT2D eigenvalue weighted by Crippen LogP contribution is -2.42. The monoisotopic (exact) mass is 332 g/mol. The number of rotatable bonds is 5. The maximum absolute atomic E-state index is 12.0. The SMILES string of the molecule is CC(C)n1ncc2cc(NC(=O)NCCN3CCOCC3)cnc21. The molecule has 130 valence electrons. The van der Waals surface area contributed by atoms with Gasteiger partial charge in [0.1, 0.15) is 0 Å². The Bertz CT molecular complexity index is 693. The summed E-state index contributed by atoms with van der Waals surface area (Å²) in [6.07, 6.45) is 3.42. The van der Waals surface area contributed by atoms with Crippen LogP contribution in [0.2, 0.25) is 0 Å². The van der Waals surface area contributed by atoms with Crippen LogP contribution in [0.4, 0.5) is 10.5 Å². The normalized spacial score (nSPS) is 15.8. The highest BCUT2D eigenvalue weighted by Gasteiger charge is 2.11. The maximum atomic E-state index is 12.0. The van der Waals surface area contributed by atoms with Crippen molar-refractivity contribution in [2.24, 2.45) is 0 Å². The van der Waals surface area contributed by atoms with Crippen LogP contribution in [0.1, 0.15) is 19.9 Å². The largest absolute Gasteiger partial charge is 0.379 e. The molecule has 1 fully saturated rings. The minimum atomic E-state index is -0.222. The predicted molar refractivity (Wildman–Crippen MR) is 92.2 cm³/mol. The molecule has 2 aromatic rings. The van der Waals surface area contributed by atoms with Crippen LogP contribution in [-0.2, 0) is 4.74 Å². The molecular weight excluding hydrogens is 308 g/mol. The molecule has 0 saturated carbocycles. The first-order chi connectivity index (χ1) is 11.6. The Morgan fingerprint density at radius 1 is 1.33 bits per heavy atom. The van der Waals surface area contributed by atoms with E-state index in [1.54, 1.807) is 12.4 Å². The molecule has 24 heavy (non-hydrogen) atoms. The van der Waals surface area contributed by atoms with Gasteiger partial charge in [0.25, 0.3) is 0 Å². The summed E-state index contributed by atoms with van der Waals surface area (Å²) >= 11 is 0. The lowest BCUT2D eigenvalue weighted by atomic mass is 10.3. The standard InChI is InChI=1S/C16H24N6O2/c1-12(2)22-15-13(10-19-22)9-14(11-18-15)20-16(23)17-3-4-21-5-7-24-8-6-21/h9-12H,3-8H2,1-2H3,(H2,17,20,23). The third kappa shape index (κ3) is 4.01. The molecular formula is C16H24N6O2. The summed E-state index contributed by atoms with van der Waals surface area (Å²) in [7, 11) is 0. The van der Waals surface area contributed by atoms with Crippen molar-refractivity contribution in [1.82, 2.24) is 25.0 Å². The van der Waals surface area contributed by atoms with Crippen molar-refractivity contribution in [2.45, 2.75) is 19.9 Å². The number of ether oxygens (including phenoxy) is 1. The van der Waals surface area contributed by atoms with Gasteiger partial charge in [-0.25, -0.2) is 14.5 Å². The summed E-state index contributed by atoms with van der Waals surface area (Å²) in [5, 5.41) is 10.9. The Kier molecular flexibility index (Phi) is 5.27. The van der Waals surface area contributed by atoms with Gasteiger partial charge in [-0.15, -0.1) is 0 Å². The molecule has 1 saturated heterocycles. The third-order valence-corrected chi connectivity index (χ3v) is 4.00. The van der Waals surface area contributed by atoms with E-state index in [0.717, 1.165) is 43.9 Å². The molecule has 1 aliphatic rings. The number of hydrogen-bond acceptors (Lipinski definition) is 5. The minimum Gasteiger partial charge on any atom is -0.379 e. The molecule has 0 bridgehead atoms. The lowest BCUT2D eigenvalue weighted by molar-refractivity contribution is 0.0388. The maximum Gasteiger partial charge on any atom is 0.319 e. The van der Waals surface area contributed by atoms with Gasteiger partial charge < -0.3 is 15.4 Å². The minimum absolute atomic E-state index is 0.222. The number of urea groups is 1. The number of morpholine rings is 1. The van der Waals surface area contributed by atoms with Gasteiger partial charge in [-0.2, -0.15) is 5.10 Å². The topological polar surface area (TPSA) is 84.3 Å². The van der Waals surface area contributed by atoms with Crippen molar-refractivity contribution in [3.8, 4) is 0 Å². The van der Waals surface area contributed by atoms with E-state index in [1.807, 2.05) is 10.7 Å². The van der Waals surface area contributed by atoms with Crippen LogP contribution in [0.5, 0.6) is 0 Å². The summed E-state index contributed by atoms with van der Waals surface area (Å²) in [4.78, 5) is 18.7. The quantitative estimate of drug-likeness (QED) is 0.866. The molecule has 0 aliphatic carbocycles. The Morgan fingerprint density at radius 3 is 2.88 bits per heavy atom. The van der Waals surface area contributed by atoms with Gasteiger partial charge in [-0.1, -0.05) is 0 Å². The number of fused-ring (bicyclic) bond motifs is 1. The van der Waals surface area contributed by atoms with Crippen molar-refractivity contribution in [2.75, 3.05) is 44.7 Å². The first kappa shape index (κ1) is 16.7. The van der Waals surface area contributed by atoms with Crippen LogP contribution >= 0.6 is 0 Å². The van der Waals surface area contributed by atoms with E-state index in [9.17, 15) is 4.79 Å². The summed E-state index contributed by atoms with van der Waals surface area (Å²) in [5.74, 6) is 0. The van der Waals surface area contributed by atoms with Gasteiger partial charge >= 0.3 is 6.03 Å². The Balaban J connectivity index is 1.51. The molecule has 2 N–H and O–H groups in total. The molecule has 8 nitrogen and oxygen atoms in total. The smallest absolute Gasteiger partial charge is 0.319 e. The van der Waals surface area contributed by atoms with E-state index in [4.69, 9.17) is 4.74 Å². The zero-order valence-electron chi connectivity index (χ0n) is 14.2. The van der Waals surface area contributed by atoms with Crippen LogP contribution < -0.4 is 10.6 Å². The van der Waals surface area contributed by atoms with Crippen molar-refractivity contribution in [3.05, 3.63) is 18.5 Å². The van der Waals surface area contributed by atoms with Gasteiger partial charge in [0.2, 0.25) is 0 Å². The molecule has 0 atom stereocenters. The molecule has 2 amide bonds. The highest BCUT2D eigenvalue weighted by Crippen LogP contribution is 2.18. The predicted octanol–water partition coefficient (Wildman–Crippen LogP) is 1.47. The number of pyridine rings is 1. The molecule has 0 radical (unpaired) electrons. The van der Waals surface area contributed by atoms with E-state index >= 15 is 0 Å². The highest BCUT2D eigenvalue weighted by molar-refractivity contribution is 5.91. The highest BCUT2D eigenvalue weighted by atomic mass is 16.5. The number of anilines is 1. The average Bonchev–Trinajstić information content (AvgIpc) is 2.99. The third-order valence-electron chi connectivity index (χ3n) is 4.00. The zero-order chi connectivity index (χ0) is 16.9. The zero-order valence-corrected chi connectivity index (χ0v) is 14.2. The van der Waals surface area contributed by atoms with Gasteiger partial charge in [0.15, 0.2) is 5.65 Å². The summed E-state index contributed by atoms with van der Waals surface area (Å²) in [6.45, 7) is 8.92. The molecule has 0 aromatic carbocycles. The van der Waals surface area contributed by atoms with Gasteiger partial charge in [-0.3, -0.25) is 4.90 Å². The van der Waals surface area contributed by atoms with Crippen molar-refractivity contribution < 1.29 is 9.53 Å². The number of hydrogen-bond donors (Lipinski definition) is 2. The fraction of sp³-hybridized carbons (Fsp3) is 0.562. The van der Waals surface area contributed by atoms with Crippen molar-refractivity contribution >= 4 is 22.8 Å².